The van der Waals surface area contributed by atoms with Crippen LogP contribution in [0.5, 0.6) is 0 Å². The van der Waals surface area contributed by atoms with Crippen LogP contribution in [0.2, 0.25) is 0 Å². The van der Waals surface area contributed by atoms with Gasteiger partial charge in [0.1, 0.15) is 29.9 Å². The largest absolute Gasteiger partial charge is 0.462 e. The van der Waals surface area contributed by atoms with E-state index in [1.165, 1.54) is 13.8 Å². The van der Waals surface area contributed by atoms with E-state index < -0.39 is 84.7 Å². The highest BCUT2D eigenvalue weighted by atomic mass is 32.7. The lowest BCUT2D eigenvalue weighted by molar-refractivity contribution is -0.149. The number of nitrogens with one attached hydrogen (secondary N) is 4. The predicted molar refractivity (Wildman–Crippen MR) is 132 cm³/mol. The number of urea groups is 1. The fraction of sp³-hybridized carbons (Fsp3) is 0.650. The van der Waals surface area contributed by atoms with E-state index in [0.717, 1.165) is 16.8 Å². The Morgan fingerprint density at radius 1 is 1.32 bits per heavy atom. The van der Waals surface area contributed by atoms with Gasteiger partial charge in [-0.25, -0.2) is 14.7 Å². The van der Waals surface area contributed by atoms with Gasteiger partial charge in [-0.05, 0) is 27.7 Å². The van der Waals surface area contributed by atoms with Gasteiger partial charge < -0.3 is 29.5 Å². The number of carbonyl (C=O) groups excluding carboxylic acids is 3. The Morgan fingerprint density at radius 2 is 2.00 bits per heavy atom. The molecule has 1 aromatic heterocycles. The summed E-state index contributed by atoms with van der Waals surface area (Å²) in [5, 5.41) is 28.5. The van der Waals surface area contributed by atoms with E-state index in [2.05, 4.69) is 10.4 Å². The van der Waals surface area contributed by atoms with E-state index in [0.29, 0.717) is 11.4 Å². The molecule has 0 radical (unpaired) electrons. The van der Waals surface area contributed by atoms with Crippen LogP contribution in [-0.2, 0) is 28.2 Å². The molecule has 1 aromatic rings. The SMILES string of the molecule is CC(C)OC(=O)[C@H](C)N[P@@](=O)(OC[C@H]1O[C@@H](n2ccc(=O)[nH]c2=O)[C@](C)(O)[C@@H]1O)SCC1NC(=O)NC1=O. The molecule has 212 valence electrons. The lowest BCUT2D eigenvalue weighted by Gasteiger charge is -2.27. The van der Waals surface area contributed by atoms with Crippen LogP contribution in [0.15, 0.2) is 21.9 Å². The number of rotatable bonds is 11. The minimum absolute atomic E-state index is 0.199. The monoisotopic (exact) mass is 579 g/mol. The second-order valence-corrected chi connectivity index (χ2v) is 13.5. The number of aromatic amines is 1. The van der Waals surface area contributed by atoms with E-state index >= 15 is 0 Å². The highest BCUT2D eigenvalue weighted by Gasteiger charge is 2.54. The topological polar surface area (TPSA) is 227 Å². The average Bonchev–Trinajstić information content (AvgIpc) is 3.25. The molecule has 3 heterocycles. The van der Waals surface area contributed by atoms with Crippen molar-refractivity contribution in [2.45, 2.75) is 69.9 Å². The molecule has 38 heavy (non-hydrogen) atoms. The van der Waals surface area contributed by atoms with Gasteiger partial charge in [-0.3, -0.25) is 33.8 Å². The van der Waals surface area contributed by atoms with E-state index in [9.17, 15) is 38.8 Å². The van der Waals surface area contributed by atoms with Crippen LogP contribution in [0.4, 0.5) is 4.79 Å². The summed E-state index contributed by atoms with van der Waals surface area (Å²) >= 11 is 0.622. The second kappa shape index (κ2) is 11.7. The summed E-state index contributed by atoms with van der Waals surface area (Å²) in [4.78, 5) is 61.2. The number of nitrogens with zero attached hydrogens (tertiary/aromatic N) is 1. The van der Waals surface area contributed by atoms with Crippen LogP contribution >= 0.6 is 18.1 Å². The van der Waals surface area contributed by atoms with Gasteiger partial charge in [0.15, 0.2) is 6.23 Å². The summed E-state index contributed by atoms with van der Waals surface area (Å²) in [6, 6.07) is -1.82. The van der Waals surface area contributed by atoms with E-state index in [-0.39, 0.29) is 5.75 Å². The van der Waals surface area contributed by atoms with Crippen LogP contribution in [0, 0.1) is 0 Å². The number of aromatic nitrogens is 2. The fourth-order valence-corrected chi connectivity index (χ4v) is 7.51. The fourth-order valence-electron chi connectivity index (χ4n) is 3.65. The summed E-state index contributed by atoms with van der Waals surface area (Å²) in [5.74, 6) is -1.57. The number of carbonyl (C=O) groups is 3. The first kappa shape index (κ1) is 30.0. The van der Waals surface area contributed by atoms with Gasteiger partial charge in [0.2, 0.25) is 0 Å². The molecule has 2 aliphatic rings. The number of aliphatic hydroxyl groups excluding tert-OH is 1. The third-order valence-electron chi connectivity index (χ3n) is 5.59. The van der Waals surface area contributed by atoms with Crippen molar-refractivity contribution in [1.29, 1.82) is 0 Å². The van der Waals surface area contributed by atoms with Crippen LogP contribution in [0.1, 0.15) is 33.9 Å². The molecule has 0 aliphatic carbocycles. The lowest BCUT2D eigenvalue weighted by Crippen LogP contribution is -2.47. The summed E-state index contributed by atoms with van der Waals surface area (Å²) < 4.78 is 30.9. The highest BCUT2D eigenvalue weighted by Crippen LogP contribution is 2.57. The van der Waals surface area contributed by atoms with Crippen LogP contribution in [0.25, 0.3) is 0 Å². The maximum Gasteiger partial charge on any atom is 0.330 e. The molecule has 0 saturated carbocycles. The van der Waals surface area contributed by atoms with Gasteiger partial charge >= 0.3 is 24.4 Å². The number of ether oxygens (including phenoxy) is 2. The molecular formula is C20H30N5O11PS. The smallest absolute Gasteiger partial charge is 0.330 e. The standard InChI is InChI=1S/C20H30N5O11PS/c1-9(2)35-16(29)10(3)24-37(33,38-8-11-15(28)23-18(30)21-11)34-7-12-14(27)20(4,32)17(36-12)25-6-5-13(26)22-19(25)31/h5-6,9-12,14,17,27,32H,7-8H2,1-4H3,(H,24,33)(H,22,26,31)(H2,21,23,28,30)/t10-,11?,12+,14+,17+,20+,37+/m0/s1. The Balaban J connectivity index is 1.76. The highest BCUT2D eigenvalue weighted by molar-refractivity contribution is 8.56. The zero-order valence-corrected chi connectivity index (χ0v) is 22.6. The number of amides is 3. The van der Waals surface area contributed by atoms with Crippen molar-refractivity contribution in [1.82, 2.24) is 25.3 Å². The third kappa shape index (κ3) is 6.91. The van der Waals surface area contributed by atoms with E-state index in [1.54, 1.807) is 13.8 Å². The summed E-state index contributed by atoms with van der Waals surface area (Å²) in [7, 11) is 0. The summed E-state index contributed by atoms with van der Waals surface area (Å²) in [6.07, 6.45) is -3.74. The van der Waals surface area contributed by atoms with Gasteiger partial charge in [0.25, 0.3) is 11.5 Å². The Kier molecular flexibility index (Phi) is 9.24. The molecule has 16 nitrogen and oxygen atoms in total. The minimum atomic E-state index is -4.05. The molecule has 2 saturated heterocycles. The van der Waals surface area contributed by atoms with Crippen molar-refractivity contribution in [3.05, 3.63) is 33.1 Å². The van der Waals surface area contributed by atoms with Gasteiger partial charge in [-0.2, -0.15) is 0 Å². The van der Waals surface area contributed by atoms with Gasteiger partial charge in [0.05, 0.1) is 12.7 Å². The van der Waals surface area contributed by atoms with Crippen molar-refractivity contribution < 1.29 is 43.2 Å². The van der Waals surface area contributed by atoms with E-state index in [1.807, 2.05) is 10.3 Å². The number of esters is 1. The Bertz CT molecular complexity index is 1230. The molecule has 0 aromatic carbocycles. The first-order valence-electron chi connectivity index (χ1n) is 11.5. The van der Waals surface area contributed by atoms with Crippen molar-refractivity contribution in [2.24, 2.45) is 0 Å². The Hall–Kier alpha value is -2.53. The molecular weight excluding hydrogens is 549 g/mol. The molecule has 0 bridgehead atoms. The Morgan fingerprint density at radius 3 is 2.58 bits per heavy atom. The van der Waals surface area contributed by atoms with Crippen molar-refractivity contribution in [3.8, 4) is 0 Å². The zero-order chi connectivity index (χ0) is 28.4. The molecule has 18 heteroatoms. The van der Waals surface area contributed by atoms with Crippen molar-refractivity contribution in [3.63, 3.8) is 0 Å². The minimum Gasteiger partial charge on any atom is -0.462 e. The van der Waals surface area contributed by atoms with Crippen LogP contribution in [-0.4, -0.2) is 86.0 Å². The first-order valence-corrected chi connectivity index (χ1v) is 14.7. The van der Waals surface area contributed by atoms with Crippen molar-refractivity contribution >= 4 is 36.0 Å². The average molecular weight is 580 g/mol. The molecule has 3 rings (SSSR count). The molecule has 2 aliphatic heterocycles. The number of aliphatic hydroxyl groups is 2. The summed E-state index contributed by atoms with van der Waals surface area (Å²) in [5.41, 5.74) is -3.60. The molecule has 1 unspecified atom stereocenters. The second-order valence-electron chi connectivity index (χ2n) is 9.16. The summed E-state index contributed by atoms with van der Waals surface area (Å²) in [6.45, 7) is 1.21. The first-order chi connectivity index (χ1) is 17.6. The number of H-pyrrole nitrogens is 1. The quantitative estimate of drug-likeness (QED) is 0.100. The molecule has 7 atom stereocenters. The predicted octanol–water partition coefficient (Wildman–Crippen LogP) is -1.46. The normalized spacial score (nSPS) is 29.6. The van der Waals surface area contributed by atoms with E-state index in [4.69, 9.17) is 14.0 Å². The third-order valence-corrected chi connectivity index (χ3v) is 9.71. The molecule has 0 spiro atoms. The number of imide groups is 1. The van der Waals surface area contributed by atoms with Gasteiger partial charge in [-0.1, -0.05) is 11.4 Å². The van der Waals surface area contributed by atoms with Crippen molar-refractivity contribution in [2.75, 3.05) is 12.4 Å². The van der Waals surface area contributed by atoms with Gasteiger partial charge in [0, 0.05) is 18.0 Å². The van der Waals surface area contributed by atoms with Crippen LogP contribution in [0.3, 0.4) is 0 Å². The zero-order valence-electron chi connectivity index (χ0n) is 20.9. The van der Waals surface area contributed by atoms with Gasteiger partial charge in [-0.15, -0.1) is 0 Å². The number of hydrogen-bond donors (Lipinski definition) is 6. The molecule has 3 amide bonds. The number of hydrogen-bond acceptors (Lipinski definition) is 12. The maximum atomic E-state index is 13.7. The molecule has 2 fully saturated rings. The lowest BCUT2D eigenvalue weighted by atomic mass is 9.96. The maximum absolute atomic E-state index is 13.7. The molecule has 6 N–H and O–H groups in total. The van der Waals surface area contributed by atoms with Crippen LogP contribution < -0.4 is 27.0 Å². The Labute approximate surface area is 220 Å².